The molecule has 0 radical (unpaired) electrons. The van der Waals surface area contributed by atoms with Crippen LogP contribution in [0.25, 0.3) is 0 Å². The van der Waals surface area contributed by atoms with Crippen LogP contribution in [0.3, 0.4) is 0 Å². The number of carbonyl (C=O) groups is 1. The van der Waals surface area contributed by atoms with Crippen molar-refractivity contribution in [2.75, 3.05) is 0 Å². The Labute approximate surface area is 51.8 Å². The topological polar surface area (TPSA) is 72.5 Å². The van der Waals surface area contributed by atoms with E-state index < -0.39 is 10.8 Å². The van der Waals surface area contributed by atoms with Crippen molar-refractivity contribution in [2.45, 2.75) is 11.8 Å². The number of amides is 1. The largest absolute Gasteiger partial charge is 0.367 e. The summed E-state index contributed by atoms with van der Waals surface area (Å²) in [7, 11) is 0. The van der Waals surface area contributed by atoms with E-state index in [-0.39, 0.29) is 0 Å². The lowest BCUT2D eigenvalue weighted by Gasteiger charge is -2.05. The molecule has 0 aliphatic carbocycles. The van der Waals surface area contributed by atoms with Crippen LogP contribution < -0.4 is 5.73 Å². The highest BCUT2D eigenvalue weighted by Gasteiger charge is 2.26. The van der Waals surface area contributed by atoms with E-state index in [9.17, 15) is 9.70 Å². The van der Waals surface area contributed by atoms with Crippen LogP contribution in [-0.2, 0) is 4.79 Å². The van der Waals surface area contributed by atoms with Gasteiger partial charge < -0.3 is 5.73 Å². The van der Waals surface area contributed by atoms with Gasteiger partial charge in [0.25, 0.3) is 5.91 Å². The van der Waals surface area contributed by atoms with Crippen LogP contribution in [0, 0.1) is 4.91 Å². The number of hydrogen-bond acceptors (Lipinski definition) is 4. The third-order valence-corrected chi connectivity index (χ3v) is 0.947. The van der Waals surface area contributed by atoms with Crippen molar-refractivity contribution >= 4 is 18.5 Å². The molecule has 0 spiro atoms. The summed E-state index contributed by atoms with van der Waals surface area (Å²) < 4.78 is 0. The summed E-state index contributed by atoms with van der Waals surface area (Å²) in [6.07, 6.45) is 0. The standard InChI is InChI=1S/C3H6N2O2S/c1-3(8,5-7)2(4)6/h8H,1H3,(H2,4,6). The van der Waals surface area contributed by atoms with Crippen LogP contribution in [0.4, 0.5) is 0 Å². The molecule has 0 saturated heterocycles. The minimum atomic E-state index is -1.56. The van der Waals surface area contributed by atoms with Crippen molar-refractivity contribution in [2.24, 2.45) is 10.9 Å². The maximum Gasteiger partial charge on any atom is 0.258 e. The predicted octanol–water partition coefficient (Wildman–Crippen LogP) is -0.116. The normalized spacial score (nSPS) is 16.8. The molecular weight excluding hydrogens is 128 g/mol. The summed E-state index contributed by atoms with van der Waals surface area (Å²) >= 11 is 3.53. The number of primary amides is 1. The molecule has 8 heavy (non-hydrogen) atoms. The summed E-state index contributed by atoms with van der Waals surface area (Å²) in [5.74, 6) is -0.837. The average Bonchev–Trinajstić information content (AvgIpc) is 1.67. The third kappa shape index (κ3) is 1.49. The molecule has 0 heterocycles. The first-order chi connectivity index (χ1) is 3.50. The molecule has 0 rings (SSSR count). The van der Waals surface area contributed by atoms with Crippen LogP contribution in [0.15, 0.2) is 5.18 Å². The Bertz CT molecular complexity index is 122. The van der Waals surface area contributed by atoms with Gasteiger partial charge in [0, 0.05) is 0 Å². The molecule has 0 aliphatic rings. The van der Waals surface area contributed by atoms with E-state index >= 15 is 0 Å². The molecule has 2 N–H and O–H groups in total. The van der Waals surface area contributed by atoms with Gasteiger partial charge in [0.15, 0.2) is 0 Å². The Morgan fingerprint density at radius 2 is 2.25 bits per heavy atom. The van der Waals surface area contributed by atoms with E-state index in [0.29, 0.717) is 0 Å². The minimum Gasteiger partial charge on any atom is -0.367 e. The van der Waals surface area contributed by atoms with Crippen molar-refractivity contribution in [1.29, 1.82) is 0 Å². The molecule has 1 amide bonds. The molecule has 0 saturated carbocycles. The molecule has 0 fully saturated rings. The number of nitroso groups, excluding NO2 is 1. The summed E-state index contributed by atoms with van der Waals surface area (Å²) in [6, 6.07) is 0. The molecule has 5 heteroatoms. The summed E-state index contributed by atoms with van der Waals surface area (Å²) in [5.41, 5.74) is 4.67. The van der Waals surface area contributed by atoms with Crippen LogP contribution in [-0.4, -0.2) is 10.8 Å². The number of carbonyl (C=O) groups excluding carboxylic acids is 1. The minimum absolute atomic E-state index is 0.837. The first kappa shape index (κ1) is 7.42. The first-order valence-corrected chi connectivity index (χ1v) is 2.32. The van der Waals surface area contributed by atoms with Crippen LogP contribution in [0.1, 0.15) is 6.92 Å². The molecule has 1 atom stereocenters. The van der Waals surface area contributed by atoms with Crippen molar-refractivity contribution in [3.8, 4) is 0 Å². The lowest BCUT2D eigenvalue weighted by Crippen LogP contribution is -2.33. The van der Waals surface area contributed by atoms with E-state index in [2.05, 4.69) is 23.5 Å². The van der Waals surface area contributed by atoms with Gasteiger partial charge in [-0.1, -0.05) is 0 Å². The second-order valence-corrected chi connectivity index (χ2v) is 2.35. The third-order valence-electron chi connectivity index (χ3n) is 0.645. The Morgan fingerprint density at radius 3 is 2.25 bits per heavy atom. The molecule has 0 aromatic rings. The summed E-state index contributed by atoms with van der Waals surface area (Å²) in [4.78, 5) is 18.2. The number of hydrogen-bond donors (Lipinski definition) is 2. The van der Waals surface area contributed by atoms with E-state index in [1.54, 1.807) is 0 Å². The fourth-order valence-corrected chi connectivity index (χ4v) is 0.0450. The molecular formula is C3H6N2O2S. The van der Waals surface area contributed by atoms with Crippen LogP contribution >= 0.6 is 12.6 Å². The molecule has 1 unspecified atom stereocenters. The Balaban J connectivity index is 4.12. The highest BCUT2D eigenvalue weighted by Crippen LogP contribution is 2.12. The number of nitrogens with two attached hydrogens (primary N) is 1. The molecule has 0 aliphatic heterocycles. The summed E-state index contributed by atoms with van der Waals surface area (Å²) in [6.45, 7) is 1.23. The molecule has 4 nitrogen and oxygen atoms in total. The van der Waals surface area contributed by atoms with Gasteiger partial charge in [0.05, 0.1) is 0 Å². The Kier molecular flexibility index (Phi) is 1.97. The maximum atomic E-state index is 10.1. The molecule has 0 aromatic heterocycles. The smallest absolute Gasteiger partial charge is 0.258 e. The molecule has 0 bridgehead atoms. The Morgan fingerprint density at radius 1 is 1.88 bits per heavy atom. The highest BCUT2D eigenvalue weighted by molar-refractivity contribution is 7.82. The second-order valence-electron chi connectivity index (χ2n) is 1.48. The maximum absolute atomic E-state index is 10.1. The van der Waals surface area contributed by atoms with E-state index in [1.807, 2.05) is 0 Å². The predicted molar refractivity (Wildman–Crippen MR) is 32.4 cm³/mol. The van der Waals surface area contributed by atoms with Gasteiger partial charge in [0.1, 0.15) is 0 Å². The van der Waals surface area contributed by atoms with Gasteiger partial charge >= 0.3 is 0 Å². The van der Waals surface area contributed by atoms with Crippen molar-refractivity contribution in [3.63, 3.8) is 0 Å². The zero-order valence-electron chi connectivity index (χ0n) is 4.29. The summed E-state index contributed by atoms with van der Waals surface area (Å²) in [5, 5.41) is 2.36. The van der Waals surface area contributed by atoms with E-state index in [0.717, 1.165) is 0 Å². The lowest BCUT2D eigenvalue weighted by atomic mass is 10.3. The van der Waals surface area contributed by atoms with Gasteiger partial charge in [-0.15, -0.1) is 17.5 Å². The molecule has 46 valence electrons. The van der Waals surface area contributed by atoms with Gasteiger partial charge in [-0.25, -0.2) is 0 Å². The van der Waals surface area contributed by atoms with Crippen LogP contribution in [0.5, 0.6) is 0 Å². The zero-order chi connectivity index (χ0) is 6.78. The van der Waals surface area contributed by atoms with Crippen LogP contribution in [0.2, 0.25) is 0 Å². The SMILES string of the molecule is CC(S)(N=O)C(N)=O. The quantitative estimate of drug-likeness (QED) is 0.408. The Hall–Kier alpha value is -0.580. The van der Waals surface area contributed by atoms with Gasteiger partial charge in [-0.3, -0.25) is 4.79 Å². The second kappa shape index (κ2) is 2.13. The highest BCUT2D eigenvalue weighted by atomic mass is 32.1. The number of nitrogens with zero attached hydrogens (tertiary/aromatic N) is 1. The van der Waals surface area contributed by atoms with Crippen molar-refractivity contribution in [1.82, 2.24) is 0 Å². The molecule has 0 aromatic carbocycles. The van der Waals surface area contributed by atoms with Crippen molar-refractivity contribution < 1.29 is 4.79 Å². The van der Waals surface area contributed by atoms with E-state index in [1.165, 1.54) is 6.92 Å². The number of rotatable bonds is 2. The first-order valence-electron chi connectivity index (χ1n) is 1.87. The monoisotopic (exact) mass is 134 g/mol. The lowest BCUT2D eigenvalue weighted by molar-refractivity contribution is -0.119. The fourth-order valence-electron chi connectivity index (χ4n) is 0.0450. The number of thiol groups is 1. The van der Waals surface area contributed by atoms with Crippen molar-refractivity contribution in [3.05, 3.63) is 4.91 Å². The zero-order valence-corrected chi connectivity index (χ0v) is 5.18. The van der Waals surface area contributed by atoms with E-state index in [4.69, 9.17) is 0 Å². The van der Waals surface area contributed by atoms with Gasteiger partial charge in [0.2, 0.25) is 4.87 Å². The average molecular weight is 134 g/mol. The van der Waals surface area contributed by atoms with Gasteiger partial charge in [-0.05, 0) is 12.1 Å². The van der Waals surface area contributed by atoms with Gasteiger partial charge in [-0.2, -0.15) is 0 Å². The fraction of sp³-hybridized carbons (Fsp3) is 0.667.